The van der Waals surface area contributed by atoms with E-state index in [9.17, 15) is 8.78 Å². The lowest BCUT2D eigenvalue weighted by Gasteiger charge is -2.19. The first kappa shape index (κ1) is 10.9. The molecule has 0 spiro atoms. The first-order valence-electron chi connectivity index (χ1n) is 4.85. The van der Waals surface area contributed by atoms with Crippen molar-refractivity contribution < 1.29 is 13.2 Å². The lowest BCUT2D eigenvalue weighted by Crippen LogP contribution is -2.14. The average Bonchev–Trinajstić information content (AvgIpc) is 2.43. The van der Waals surface area contributed by atoms with Gasteiger partial charge in [-0.15, -0.1) is 0 Å². The van der Waals surface area contributed by atoms with Crippen molar-refractivity contribution in [1.29, 1.82) is 0 Å². The highest BCUT2D eigenvalue weighted by molar-refractivity contribution is 5.80. The van der Waals surface area contributed by atoms with E-state index >= 15 is 0 Å². The first-order valence-corrected chi connectivity index (χ1v) is 4.85. The van der Waals surface area contributed by atoms with Gasteiger partial charge in [0.1, 0.15) is 11.3 Å². The van der Waals surface area contributed by atoms with Crippen molar-refractivity contribution in [2.75, 3.05) is 5.73 Å². The molecule has 1 aromatic heterocycles. The molecule has 2 rings (SSSR count). The third-order valence-electron chi connectivity index (χ3n) is 2.34. The molecule has 0 fully saturated rings. The van der Waals surface area contributed by atoms with E-state index in [4.69, 9.17) is 10.2 Å². The Bertz CT molecular complexity index is 555. The second kappa shape index (κ2) is 3.17. The Kier molecular flexibility index (Phi) is 2.15. The summed E-state index contributed by atoms with van der Waals surface area (Å²) in [6, 6.07) is 0.637. The third-order valence-corrected chi connectivity index (χ3v) is 2.34. The molecular weight excluding hydrogens is 214 g/mol. The summed E-state index contributed by atoms with van der Waals surface area (Å²) < 4.78 is 32.0. The third kappa shape index (κ3) is 1.52. The molecule has 0 atom stereocenters. The van der Waals surface area contributed by atoms with Gasteiger partial charge in [-0.2, -0.15) is 4.98 Å². The summed E-state index contributed by atoms with van der Waals surface area (Å²) in [4.78, 5) is 3.83. The summed E-state index contributed by atoms with van der Waals surface area (Å²) in [7, 11) is 0. The number of anilines is 1. The number of hydrogen-bond acceptors (Lipinski definition) is 3. The van der Waals surface area contributed by atoms with Gasteiger partial charge >= 0.3 is 0 Å². The standard InChI is InChI=1S/C11H12F2N2O/c1-11(2,3)7-5(12)4-6(13)9-8(7)15-10(14)16-9/h4H,1-3H3,(H2,14,15). The zero-order valence-corrected chi connectivity index (χ0v) is 9.27. The molecule has 1 heterocycles. The van der Waals surface area contributed by atoms with Crippen molar-refractivity contribution in [3.05, 3.63) is 23.3 Å². The molecule has 1 aromatic carbocycles. The van der Waals surface area contributed by atoms with E-state index < -0.39 is 17.0 Å². The van der Waals surface area contributed by atoms with E-state index in [0.29, 0.717) is 5.56 Å². The number of halogens is 2. The molecule has 0 saturated carbocycles. The van der Waals surface area contributed by atoms with Gasteiger partial charge in [0.05, 0.1) is 0 Å². The largest absolute Gasteiger partial charge is 0.421 e. The maximum absolute atomic E-state index is 13.7. The summed E-state index contributed by atoms with van der Waals surface area (Å²) >= 11 is 0. The summed E-state index contributed by atoms with van der Waals surface area (Å²) in [5.74, 6) is -1.42. The van der Waals surface area contributed by atoms with Crippen LogP contribution in [0.3, 0.4) is 0 Å². The van der Waals surface area contributed by atoms with Gasteiger partial charge in [-0.05, 0) is 5.41 Å². The Morgan fingerprint density at radius 2 is 1.88 bits per heavy atom. The van der Waals surface area contributed by atoms with Crippen molar-refractivity contribution in [1.82, 2.24) is 4.98 Å². The molecule has 16 heavy (non-hydrogen) atoms. The highest BCUT2D eigenvalue weighted by Gasteiger charge is 2.26. The number of benzene rings is 1. The molecule has 3 nitrogen and oxygen atoms in total. The van der Waals surface area contributed by atoms with Crippen LogP contribution in [0.1, 0.15) is 26.3 Å². The van der Waals surface area contributed by atoms with Crippen molar-refractivity contribution in [3.63, 3.8) is 0 Å². The molecule has 0 aliphatic carbocycles. The minimum Gasteiger partial charge on any atom is -0.421 e. The molecule has 0 bridgehead atoms. The van der Waals surface area contributed by atoms with Crippen molar-refractivity contribution in [2.45, 2.75) is 26.2 Å². The molecule has 2 aromatic rings. The topological polar surface area (TPSA) is 52.0 Å². The van der Waals surface area contributed by atoms with E-state index in [1.165, 1.54) is 0 Å². The number of nitrogens with zero attached hydrogens (tertiary/aromatic N) is 1. The van der Waals surface area contributed by atoms with Crippen LogP contribution in [0.4, 0.5) is 14.8 Å². The minimum absolute atomic E-state index is 0.0937. The molecule has 0 saturated heterocycles. The summed E-state index contributed by atoms with van der Waals surface area (Å²) in [5, 5.41) is 0. The quantitative estimate of drug-likeness (QED) is 0.751. The van der Waals surface area contributed by atoms with Gasteiger partial charge < -0.3 is 10.2 Å². The van der Waals surface area contributed by atoms with E-state index in [2.05, 4.69) is 4.98 Å². The summed E-state index contributed by atoms with van der Waals surface area (Å²) in [6.07, 6.45) is 0. The van der Waals surface area contributed by atoms with E-state index in [0.717, 1.165) is 6.07 Å². The van der Waals surface area contributed by atoms with Crippen LogP contribution in [0, 0.1) is 11.6 Å². The van der Waals surface area contributed by atoms with Gasteiger partial charge in [-0.25, -0.2) is 8.78 Å². The van der Waals surface area contributed by atoms with E-state index in [1.807, 2.05) is 20.8 Å². The zero-order valence-electron chi connectivity index (χ0n) is 9.27. The maximum atomic E-state index is 13.7. The van der Waals surface area contributed by atoms with Gasteiger partial charge in [0.15, 0.2) is 11.4 Å². The van der Waals surface area contributed by atoms with Gasteiger partial charge in [0.25, 0.3) is 6.01 Å². The highest BCUT2D eigenvalue weighted by Crippen LogP contribution is 2.34. The highest BCUT2D eigenvalue weighted by atomic mass is 19.1. The number of rotatable bonds is 0. The monoisotopic (exact) mass is 226 g/mol. The number of aromatic nitrogens is 1. The maximum Gasteiger partial charge on any atom is 0.293 e. The van der Waals surface area contributed by atoms with Crippen molar-refractivity contribution in [3.8, 4) is 0 Å². The van der Waals surface area contributed by atoms with Gasteiger partial charge in [0.2, 0.25) is 0 Å². The lowest BCUT2D eigenvalue weighted by molar-refractivity contribution is 0.511. The molecule has 86 valence electrons. The molecule has 0 radical (unpaired) electrons. The molecular formula is C11H12F2N2O. The summed E-state index contributed by atoms with van der Waals surface area (Å²) in [5.41, 5.74) is 5.23. The number of hydrogen-bond donors (Lipinski definition) is 1. The van der Waals surface area contributed by atoms with Crippen molar-refractivity contribution >= 4 is 17.1 Å². The molecule has 5 heteroatoms. The van der Waals surface area contributed by atoms with Crippen LogP contribution in [0.25, 0.3) is 11.1 Å². The molecule has 2 N–H and O–H groups in total. The number of fused-ring (bicyclic) bond motifs is 1. The lowest BCUT2D eigenvalue weighted by atomic mass is 9.85. The van der Waals surface area contributed by atoms with Gasteiger partial charge in [-0.1, -0.05) is 20.8 Å². The van der Waals surface area contributed by atoms with Crippen LogP contribution in [-0.4, -0.2) is 4.98 Å². The van der Waals surface area contributed by atoms with Crippen LogP contribution < -0.4 is 5.73 Å². The predicted molar refractivity (Wildman–Crippen MR) is 57.0 cm³/mol. The Balaban J connectivity index is 2.92. The fraction of sp³-hybridized carbons (Fsp3) is 0.364. The fourth-order valence-electron chi connectivity index (χ4n) is 1.74. The SMILES string of the molecule is CC(C)(C)c1c(F)cc(F)c2oc(N)nc12. The Labute approximate surface area is 91.3 Å². The smallest absolute Gasteiger partial charge is 0.293 e. The number of nitrogens with two attached hydrogens (primary N) is 1. The summed E-state index contributed by atoms with van der Waals surface area (Å²) in [6.45, 7) is 5.44. The molecule has 0 unspecified atom stereocenters. The Hall–Kier alpha value is -1.65. The number of oxazole rings is 1. The van der Waals surface area contributed by atoms with E-state index in [-0.39, 0.29) is 17.1 Å². The van der Waals surface area contributed by atoms with Gasteiger partial charge in [0, 0.05) is 11.6 Å². The van der Waals surface area contributed by atoms with Crippen LogP contribution in [0.15, 0.2) is 10.5 Å². The van der Waals surface area contributed by atoms with Crippen LogP contribution in [0.5, 0.6) is 0 Å². The Morgan fingerprint density at radius 1 is 1.25 bits per heavy atom. The second-order valence-corrected chi connectivity index (χ2v) is 4.70. The predicted octanol–water partition coefficient (Wildman–Crippen LogP) is 2.99. The first-order chi connectivity index (χ1) is 7.30. The Morgan fingerprint density at radius 3 is 2.44 bits per heavy atom. The van der Waals surface area contributed by atoms with Gasteiger partial charge in [-0.3, -0.25) is 0 Å². The molecule has 0 aliphatic rings. The van der Waals surface area contributed by atoms with Crippen molar-refractivity contribution in [2.24, 2.45) is 0 Å². The van der Waals surface area contributed by atoms with E-state index in [1.54, 1.807) is 0 Å². The van der Waals surface area contributed by atoms with Crippen LogP contribution in [-0.2, 0) is 5.41 Å². The minimum atomic E-state index is -0.787. The molecule has 0 aliphatic heterocycles. The van der Waals surface area contributed by atoms with Crippen LogP contribution in [0.2, 0.25) is 0 Å². The normalized spacial score (nSPS) is 12.3. The zero-order chi connectivity index (χ0) is 12.1. The van der Waals surface area contributed by atoms with Crippen LogP contribution >= 0.6 is 0 Å². The molecule has 0 amide bonds. The number of nitrogen functional groups attached to an aromatic ring is 1. The fourth-order valence-corrected chi connectivity index (χ4v) is 1.74. The average molecular weight is 226 g/mol. The second-order valence-electron chi connectivity index (χ2n) is 4.70.